The molecule has 1 aromatic rings. The molecule has 0 saturated carbocycles. The Morgan fingerprint density at radius 2 is 2.24 bits per heavy atom. The van der Waals surface area contributed by atoms with Gasteiger partial charge in [0.2, 0.25) is 0 Å². The minimum atomic E-state index is -0.759. The Morgan fingerprint density at radius 3 is 2.76 bits per heavy atom. The number of aliphatic carboxylic acids is 1. The zero-order valence-corrected chi connectivity index (χ0v) is 10.6. The smallest absolute Gasteiger partial charge is 0.303 e. The van der Waals surface area contributed by atoms with Crippen molar-refractivity contribution in [2.75, 3.05) is 6.54 Å². The lowest BCUT2D eigenvalue weighted by Gasteiger charge is -2.17. The zero-order valence-electron chi connectivity index (χ0n) is 10.6. The molecule has 0 aliphatic heterocycles. The van der Waals surface area contributed by atoms with Crippen molar-refractivity contribution in [2.24, 2.45) is 0 Å². The summed E-state index contributed by atoms with van der Waals surface area (Å²) < 4.78 is 1.82. The zero-order chi connectivity index (χ0) is 12.9. The maximum atomic E-state index is 10.3. The van der Waals surface area contributed by atoms with E-state index < -0.39 is 5.97 Å². The number of nitrogens with zero attached hydrogens (tertiary/aromatic N) is 3. The first-order valence-corrected chi connectivity index (χ1v) is 5.74. The minimum Gasteiger partial charge on any atom is -0.481 e. The highest BCUT2D eigenvalue weighted by Crippen LogP contribution is 2.11. The van der Waals surface area contributed by atoms with Gasteiger partial charge in [-0.2, -0.15) is 0 Å². The molecule has 0 atom stereocenters. The van der Waals surface area contributed by atoms with Gasteiger partial charge in [-0.05, 0) is 33.7 Å². The van der Waals surface area contributed by atoms with Crippen LogP contribution in [0.1, 0.15) is 39.3 Å². The normalized spacial score (nSPS) is 11.7. The highest BCUT2D eigenvalue weighted by molar-refractivity contribution is 5.66. The second-order valence-corrected chi connectivity index (χ2v) is 5.00. The Kier molecular flexibility index (Phi) is 4.62. The fraction of sp³-hybridized carbons (Fsp3) is 0.727. The highest BCUT2D eigenvalue weighted by atomic mass is 16.4. The first-order chi connectivity index (χ1) is 7.89. The predicted molar refractivity (Wildman–Crippen MR) is 63.6 cm³/mol. The van der Waals surface area contributed by atoms with Crippen molar-refractivity contribution in [1.29, 1.82) is 0 Å². The molecule has 6 heteroatoms. The SMILES string of the molecule is CC(C)(C)n1cc(CNCCCC(=O)O)nn1. The summed E-state index contributed by atoms with van der Waals surface area (Å²) in [6.07, 6.45) is 2.73. The van der Waals surface area contributed by atoms with Crippen molar-refractivity contribution in [3.63, 3.8) is 0 Å². The first kappa shape index (κ1) is 13.6. The van der Waals surface area contributed by atoms with Crippen molar-refractivity contribution >= 4 is 5.97 Å². The summed E-state index contributed by atoms with van der Waals surface area (Å²) in [6.45, 7) is 7.48. The van der Waals surface area contributed by atoms with Gasteiger partial charge in [-0.25, -0.2) is 4.68 Å². The number of aromatic nitrogens is 3. The number of hydrogen-bond donors (Lipinski definition) is 2. The molecule has 0 aliphatic rings. The summed E-state index contributed by atoms with van der Waals surface area (Å²) in [5.74, 6) is -0.759. The van der Waals surface area contributed by atoms with E-state index in [1.165, 1.54) is 0 Å². The van der Waals surface area contributed by atoms with Crippen LogP contribution < -0.4 is 5.32 Å². The quantitative estimate of drug-likeness (QED) is 0.725. The number of nitrogens with one attached hydrogen (secondary N) is 1. The molecular weight excluding hydrogens is 220 g/mol. The fourth-order valence-electron chi connectivity index (χ4n) is 1.29. The summed E-state index contributed by atoms with van der Waals surface area (Å²) >= 11 is 0. The average molecular weight is 240 g/mol. The van der Waals surface area contributed by atoms with Crippen molar-refractivity contribution in [3.8, 4) is 0 Å². The van der Waals surface area contributed by atoms with Gasteiger partial charge in [0.25, 0.3) is 0 Å². The van der Waals surface area contributed by atoms with E-state index in [9.17, 15) is 4.79 Å². The predicted octanol–water partition coefficient (Wildman–Crippen LogP) is 0.987. The van der Waals surface area contributed by atoms with Gasteiger partial charge in [-0.3, -0.25) is 4.79 Å². The summed E-state index contributed by atoms with van der Waals surface area (Å²) in [5.41, 5.74) is 0.810. The molecule has 6 nitrogen and oxygen atoms in total. The molecule has 0 spiro atoms. The molecule has 17 heavy (non-hydrogen) atoms. The van der Waals surface area contributed by atoms with E-state index in [2.05, 4.69) is 36.4 Å². The molecule has 0 amide bonds. The summed E-state index contributed by atoms with van der Waals surface area (Å²) in [7, 11) is 0. The van der Waals surface area contributed by atoms with Crippen molar-refractivity contribution in [2.45, 2.75) is 45.7 Å². The van der Waals surface area contributed by atoms with Crippen LogP contribution in [0, 0.1) is 0 Å². The van der Waals surface area contributed by atoms with E-state index in [-0.39, 0.29) is 12.0 Å². The van der Waals surface area contributed by atoms with Gasteiger partial charge in [0.1, 0.15) is 0 Å². The number of rotatable bonds is 6. The van der Waals surface area contributed by atoms with E-state index in [4.69, 9.17) is 5.11 Å². The van der Waals surface area contributed by atoms with Gasteiger partial charge in [0.15, 0.2) is 0 Å². The Bertz CT molecular complexity index is 368. The molecule has 96 valence electrons. The largest absolute Gasteiger partial charge is 0.481 e. The molecule has 0 saturated heterocycles. The molecule has 1 aromatic heterocycles. The van der Waals surface area contributed by atoms with Crippen LogP contribution >= 0.6 is 0 Å². The molecule has 2 N–H and O–H groups in total. The van der Waals surface area contributed by atoms with E-state index in [0.29, 0.717) is 19.5 Å². The molecule has 1 rings (SSSR count). The molecule has 0 aromatic carbocycles. The third kappa shape index (κ3) is 4.95. The van der Waals surface area contributed by atoms with Gasteiger partial charge < -0.3 is 10.4 Å². The van der Waals surface area contributed by atoms with Crippen LogP contribution in [0.15, 0.2) is 6.20 Å². The Labute approximate surface area is 101 Å². The third-order valence-electron chi connectivity index (χ3n) is 2.28. The highest BCUT2D eigenvalue weighted by Gasteiger charge is 2.14. The number of carbonyl (C=O) groups is 1. The Balaban J connectivity index is 2.28. The van der Waals surface area contributed by atoms with Crippen LogP contribution in [0.5, 0.6) is 0 Å². The molecule has 0 bridgehead atoms. The summed E-state index contributed by atoms with van der Waals surface area (Å²) in [5, 5.41) is 19.7. The molecule has 1 heterocycles. The van der Waals surface area contributed by atoms with Crippen molar-refractivity contribution in [3.05, 3.63) is 11.9 Å². The van der Waals surface area contributed by atoms with Crippen molar-refractivity contribution in [1.82, 2.24) is 20.3 Å². The second kappa shape index (κ2) is 5.77. The van der Waals surface area contributed by atoms with E-state index in [0.717, 1.165) is 5.69 Å². The average Bonchev–Trinajstić information content (AvgIpc) is 2.64. The molecule has 0 fully saturated rings. The van der Waals surface area contributed by atoms with E-state index in [1.54, 1.807) is 0 Å². The second-order valence-electron chi connectivity index (χ2n) is 5.00. The van der Waals surface area contributed by atoms with Crippen LogP contribution in [-0.4, -0.2) is 32.6 Å². The van der Waals surface area contributed by atoms with Crippen LogP contribution in [0.3, 0.4) is 0 Å². The standard InChI is InChI=1S/C11H20N4O2/c1-11(2,3)15-8-9(13-14-15)7-12-6-4-5-10(16)17/h8,12H,4-7H2,1-3H3,(H,16,17). The van der Waals surface area contributed by atoms with Gasteiger partial charge in [-0.15, -0.1) is 5.10 Å². The lowest BCUT2D eigenvalue weighted by molar-refractivity contribution is -0.137. The third-order valence-corrected chi connectivity index (χ3v) is 2.28. The van der Waals surface area contributed by atoms with E-state index in [1.807, 2.05) is 10.9 Å². The maximum Gasteiger partial charge on any atom is 0.303 e. The molecule has 0 aliphatic carbocycles. The number of carboxylic acid groups (broad SMARTS) is 1. The van der Waals surface area contributed by atoms with Gasteiger partial charge in [0, 0.05) is 13.0 Å². The summed E-state index contributed by atoms with van der Waals surface area (Å²) in [6, 6.07) is 0. The lowest BCUT2D eigenvalue weighted by atomic mass is 10.1. The topological polar surface area (TPSA) is 80.0 Å². The molecule has 0 unspecified atom stereocenters. The number of carboxylic acids is 1. The van der Waals surface area contributed by atoms with Crippen LogP contribution in [-0.2, 0) is 16.9 Å². The van der Waals surface area contributed by atoms with E-state index >= 15 is 0 Å². The monoisotopic (exact) mass is 240 g/mol. The fourth-order valence-corrected chi connectivity index (χ4v) is 1.29. The summed E-state index contributed by atoms with van der Waals surface area (Å²) in [4.78, 5) is 10.3. The number of hydrogen-bond acceptors (Lipinski definition) is 4. The Morgan fingerprint density at radius 1 is 1.53 bits per heavy atom. The van der Waals surface area contributed by atoms with Crippen LogP contribution in [0.4, 0.5) is 0 Å². The Hall–Kier alpha value is -1.43. The first-order valence-electron chi connectivity index (χ1n) is 5.74. The van der Waals surface area contributed by atoms with Gasteiger partial charge >= 0.3 is 5.97 Å². The lowest BCUT2D eigenvalue weighted by Crippen LogP contribution is -2.22. The van der Waals surface area contributed by atoms with Gasteiger partial charge in [0.05, 0.1) is 17.4 Å². The molecular formula is C11H20N4O2. The van der Waals surface area contributed by atoms with Crippen LogP contribution in [0.25, 0.3) is 0 Å². The maximum absolute atomic E-state index is 10.3. The van der Waals surface area contributed by atoms with Gasteiger partial charge in [-0.1, -0.05) is 5.21 Å². The molecule has 0 radical (unpaired) electrons. The van der Waals surface area contributed by atoms with Crippen molar-refractivity contribution < 1.29 is 9.90 Å². The minimum absolute atomic E-state index is 0.0610. The van der Waals surface area contributed by atoms with Crippen LogP contribution in [0.2, 0.25) is 0 Å².